The van der Waals surface area contributed by atoms with Crippen LogP contribution in [0.2, 0.25) is 0 Å². The number of hydrogen-bond donors (Lipinski definition) is 1. The smallest absolute Gasteiger partial charge is 0.168 e. The summed E-state index contributed by atoms with van der Waals surface area (Å²) >= 11 is 0. The van der Waals surface area contributed by atoms with Gasteiger partial charge in [0.05, 0.1) is 6.61 Å². The lowest BCUT2D eigenvalue weighted by atomic mass is 10.2. The zero-order valence-corrected chi connectivity index (χ0v) is 8.63. The molecule has 3 nitrogen and oxygen atoms in total. The molecule has 1 aliphatic heterocycles. The maximum absolute atomic E-state index is 13.5. The van der Waals surface area contributed by atoms with Crippen LogP contribution in [-0.2, 0) is 0 Å². The van der Waals surface area contributed by atoms with Crippen LogP contribution in [0.5, 0.6) is 11.5 Å². The topological polar surface area (TPSA) is 30.5 Å². The van der Waals surface area contributed by atoms with Gasteiger partial charge in [0, 0.05) is 19.2 Å². The normalized spacial score (nSPS) is 15.9. The van der Waals surface area contributed by atoms with Crippen molar-refractivity contribution in [2.75, 3.05) is 19.7 Å². The molecule has 1 saturated heterocycles. The highest BCUT2D eigenvalue weighted by Crippen LogP contribution is 2.24. The molecular weight excluding hydrogens is 197 g/mol. The van der Waals surface area contributed by atoms with Crippen LogP contribution in [-0.4, -0.2) is 25.8 Å². The fourth-order valence-corrected chi connectivity index (χ4v) is 1.36. The van der Waals surface area contributed by atoms with Gasteiger partial charge in [0.25, 0.3) is 0 Å². The van der Waals surface area contributed by atoms with Crippen molar-refractivity contribution in [2.24, 2.45) is 0 Å². The van der Waals surface area contributed by atoms with Crippen molar-refractivity contribution in [1.82, 2.24) is 5.32 Å². The van der Waals surface area contributed by atoms with E-state index in [0.29, 0.717) is 18.1 Å². The van der Waals surface area contributed by atoms with E-state index in [1.807, 2.05) is 6.92 Å². The van der Waals surface area contributed by atoms with Crippen molar-refractivity contribution in [3.05, 3.63) is 24.0 Å². The molecule has 0 bridgehead atoms. The first-order chi connectivity index (χ1) is 7.29. The van der Waals surface area contributed by atoms with Crippen molar-refractivity contribution in [3.63, 3.8) is 0 Å². The van der Waals surface area contributed by atoms with Gasteiger partial charge in [-0.3, -0.25) is 0 Å². The summed E-state index contributed by atoms with van der Waals surface area (Å²) in [6, 6.07) is 4.68. The van der Waals surface area contributed by atoms with Gasteiger partial charge in [0.2, 0.25) is 0 Å². The summed E-state index contributed by atoms with van der Waals surface area (Å²) in [5.74, 6) is 0.465. The Hall–Kier alpha value is -1.29. The van der Waals surface area contributed by atoms with Crippen molar-refractivity contribution >= 4 is 0 Å². The van der Waals surface area contributed by atoms with E-state index < -0.39 is 0 Å². The van der Waals surface area contributed by atoms with E-state index in [0.717, 1.165) is 13.1 Å². The van der Waals surface area contributed by atoms with Crippen LogP contribution in [0.25, 0.3) is 0 Å². The predicted molar refractivity (Wildman–Crippen MR) is 54.9 cm³/mol. The molecule has 0 radical (unpaired) electrons. The Balaban J connectivity index is 2.04. The molecule has 1 fully saturated rings. The van der Waals surface area contributed by atoms with E-state index in [1.165, 1.54) is 6.07 Å². The quantitative estimate of drug-likeness (QED) is 0.820. The zero-order valence-electron chi connectivity index (χ0n) is 8.63. The van der Waals surface area contributed by atoms with Gasteiger partial charge in [0.15, 0.2) is 11.6 Å². The monoisotopic (exact) mass is 211 g/mol. The maximum atomic E-state index is 13.5. The summed E-state index contributed by atoms with van der Waals surface area (Å²) in [6.07, 6.45) is 0.0949. The lowest BCUT2D eigenvalue weighted by Crippen LogP contribution is -2.50. The van der Waals surface area contributed by atoms with Gasteiger partial charge in [-0.15, -0.1) is 0 Å². The average Bonchev–Trinajstić information content (AvgIpc) is 2.14. The summed E-state index contributed by atoms with van der Waals surface area (Å²) in [6.45, 7) is 3.97. The maximum Gasteiger partial charge on any atom is 0.168 e. The number of nitrogens with one attached hydrogen (secondary N) is 1. The van der Waals surface area contributed by atoms with Gasteiger partial charge in [0.1, 0.15) is 11.9 Å². The highest BCUT2D eigenvalue weighted by atomic mass is 19.1. The Bertz CT molecular complexity index is 339. The Morgan fingerprint density at radius 1 is 1.47 bits per heavy atom. The molecule has 1 heterocycles. The predicted octanol–water partition coefficient (Wildman–Crippen LogP) is 1.57. The SMILES string of the molecule is CCOc1ccc(OC2CNC2)c(F)c1. The third-order valence-corrected chi connectivity index (χ3v) is 2.25. The molecule has 1 aromatic carbocycles. The molecule has 82 valence electrons. The molecule has 1 aromatic rings. The van der Waals surface area contributed by atoms with Crippen LogP contribution in [0.1, 0.15) is 6.92 Å². The number of hydrogen-bond acceptors (Lipinski definition) is 3. The number of ether oxygens (including phenoxy) is 2. The van der Waals surface area contributed by atoms with Crippen LogP contribution < -0.4 is 14.8 Å². The number of benzene rings is 1. The molecule has 2 rings (SSSR count). The van der Waals surface area contributed by atoms with Gasteiger partial charge in [-0.05, 0) is 19.1 Å². The molecule has 4 heteroatoms. The van der Waals surface area contributed by atoms with E-state index in [1.54, 1.807) is 12.1 Å². The number of rotatable bonds is 4. The van der Waals surface area contributed by atoms with Crippen LogP contribution in [0.15, 0.2) is 18.2 Å². The summed E-state index contributed by atoms with van der Waals surface area (Å²) < 4.78 is 24.1. The second-order valence-electron chi connectivity index (χ2n) is 3.42. The molecule has 1 aliphatic rings. The van der Waals surface area contributed by atoms with Crippen LogP contribution >= 0.6 is 0 Å². The molecule has 1 N–H and O–H groups in total. The van der Waals surface area contributed by atoms with E-state index in [2.05, 4.69) is 5.32 Å². The molecule has 0 aromatic heterocycles. The van der Waals surface area contributed by atoms with Gasteiger partial charge < -0.3 is 14.8 Å². The molecule has 0 saturated carbocycles. The molecule has 0 atom stereocenters. The minimum Gasteiger partial charge on any atom is -0.494 e. The fourth-order valence-electron chi connectivity index (χ4n) is 1.36. The molecular formula is C11H14FNO2. The summed E-state index contributed by atoms with van der Waals surface area (Å²) in [7, 11) is 0. The standard InChI is InChI=1S/C11H14FNO2/c1-2-14-8-3-4-11(10(12)5-8)15-9-6-13-7-9/h3-5,9,13H,2,6-7H2,1H3. The van der Waals surface area contributed by atoms with Gasteiger partial charge >= 0.3 is 0 Å². The average molecular weight is 211 g/mol. The van der Waals surface area contributed by atoms with E-state index >= 15 is 0 Å². The highest BCUT2D eigenvalue weighted by molar-refractivity contribution is 5.33. The first-order valence-corrected chi connectivity index (χ1v) is 5.09. The summed E-state index contributed by atoms with van der Waals surface area (Å²) in [4.78, 5) is 0. The Kier molecular flexibility index (Phi) is 3.06. The molecule has 0 aliphatic carbocycles. The van der Waals surface area contributed by atoms with Crippen LogP contribution in [0.4, 0.5) is 4.39 Å². The van der Waals surface area contributed by atoms with Crippen molar-refractivity contribution in [2.45, 2.75) is 13.0 Å². The van der Waals surface area contributed by atoms with E-state index in [-0.39, 0.29) is 11.9 Å². The molecule has 0 amide bonds. The second kappa shape index (κ2) is 4.49. The summed E-state index contributed by atoms with van der Waals surface area (Å²) in [5, 5.41) is 3.06. The van der Waals surface area contributed by atoms with Crippen molar-refractivity contribution in [3.8, 4) is 11.5 Å². The summed E-state index contributed by atoms with van der Waals surface area (Å²) in [5.41, 5.74) is 0. The van der Waals surface area contributed by atoms with Crippen molar-refractivity contribution < 1.29 is 13.9 Å². The Labute approximate surface area is 88.2 Å². The third kappa shape index (κ3) is 2.39. The highest BCUT2D eigenvalue weighted by Gasteiger charge is 2.19. The largest absolute Gasteiger partial charge is 0.494 e. The van der Waals surface area contributed by atoms with E-state index in [9.17, 15) is 4.39 Å². The van der Waals surface area contributed by atoms with E-state index in [4.69, 9.17) is 9.47 Å². The van der Waals surface area contributed by atoms with Gasteiger partial charge in [-0.1, -0.05) is 0 Å². The van der Waals surface area contributed by atoms with Crippen molar-refractivity contribution in [1.29, 1.82) is 0 Å². The third-order valence-electron chi connectivity index (χ3n) is 2.25. The fraction of sp³-hybridized carbons (Fsp3) is 0.455. The minimum atomic E-state index is -0.368. The molecule has 0 spiro atoms. The van der Waals surface area contributed by atoms with Crippen LogP contribution in [0, 0.1) is 5.82 Å². The lowest BCUT2D eigenvalue weighted by molar-refractivity contribution is 0.136. The first kappa shape index (κ1) is 10.2. The Morgan fingerprint density at radius 3 is 2.80 bits per heavy atom. The van der Waals surface area contributed by atoms with Gasteiger partial charge in [-0.2, -0.15) is 0 Å². The molecule has 15 heavy (non-hydrogen) atoms. The zero-order chi connectivity index (χ0) is 10.7. The Morgan fingerprint density at radius 2 is 2.27 bits per heavy atom. The number of halogens is 1. The first-order valence-electron chi connectivity index (χ1n) is 5.09. The minimum absolute atomic E-state index is 0.0949. The van der Waals surface area contributed by atoms with Gasteiger partial charge in [-0.25, -0.2) is 4.39 Å². The lowest BCUT2D eigenvalue weighted by Gasteiger charge is -2.27. The van der Waals surface area contributed by atoms with Crippen LogP contribution in [0.3, 0.4) is 0 Å². The molecule has 0 unspecified atom stereocenters. The second-order valence-corrected chi connectivity index (χ2v) is 3.42.